The summed E-state index contributed by atoms with van der Waals surface area (Å²) < 4.78 is 31.8. The van der Waals surface area contributed by atoms with E-state index in [1.54, 1.807) is 19.2 Å². The van der Waals surface area contributed by atoms with Crippen LogP contribution in [0, 0.1) is 17.7 Å². The zero-order chi connectivity index (χ0) is 30.2. The van der Waals surface area contributed by atoms with Gasteiger partial charge in [0.05, 0.1) is 20.6 Å². The quantitative estimate of drug-likeness (QED) is 0.170. The molecule has 3 aromatic rings. The van der Waals surface area contributed by atoms with Crippen LogP contribution in [0.4, 0.5) is 4.39 Å². The second kappa shape index (κ2) is 14.7. The van der Waals surface area contributed by atoms with Crippen molar-refractivity contribution in [2.75, 3.05) is 27.8 Å². The molecule has 1 fully saturated rings. The minimum Gasteiger partial charge on any atom is -0.497 e. The van der Waals surface area contributed by atoms with Gasteiger partial charge in [-0.3, -0.25) is 9.69 Å². The maximum absolute atomic E-state index is 15.1. The molecule has 0 radical (unpaired) electrons. The molecule has 6 heteroatoms. The van der Waals surface area contributed by atoms with E-state index in [-0.39, 0.29) is 23.7 Å². The minimum atomic E-state index is -0.273. The lowest BCUT2D eigenvalue weighted by atomic mass is 9.91. The predicted molar refractivity (Wildman–Crippen MR) is 166 cm³/mol. The molecule has 0 aromatic heterocycles. The lowest BCUT2D eigenvalue weighted by Gasteiger charge is -2.28. The first kappa shape index (κ1) is 31.6. The highest BCUT2D eigenvalue weighted by molar-refractivity contribution is 5.71. The highest BCUT2D eigenvalue weighted by atomic mass is 19.1. The summed E-state index contributed by atoms with van der Waals surface area (Å²) in [5.74, 6) is 2.27. The fraction of sp³-hybridized carbons (Fsp3) is 0.472. The fourth-order valence-corrected chi connectivity index (χ4v) is 5.63. The van der Waals surface area contributed by atoms with Gasteiger partial charge in [-0.15, -0.1) is 0 Å². The fourth-order valence-electron chi connectivity index (χ4n) is 5.63. The van der Waals surface area contributed by atoms with Crippen LogP contribution in [0.15, 0.2) is 60.7 Å². The third-order valence-electron chi connectivity index (χ3n) is 8.48. The van der Waals surface area contributed by atoms with Gasteiger partial charge in [0.25, 0.3) is 0 Å². The molecule has 0 amide bonds. The molecule has 0 spiro atoms. The van der Waals surface area contributed by atoms with Crippen LogP contribution in [-0.2, 0) is 16.1 Å². The molecule has 4 rings (SSSR count). The number of rotatable bonds is 15. The van der Waals surface area contributed by atoms with Gasteiger partial charge in [0, 0.05) is 11.6 Å². The largest absolute Gasteiger partial charge is 0.497 e. The zero-order valence-electron chi connectivity index (χ0n) is 26.0. The van der Waals surface area contributed by atoms with Gasteiger partial charge < -0.3 is 14.2 Å². The van der Waals surface area contributed by atoms with Crippen molar-refractivity contribution in [3.63, 3.8) is 0 Å². The topological polar surface area (TPSA) is 48.0 Å². The van der Waals surface area contributed by atoms with Crippen LogP contribution in [0.3, 0.4) is 0 Å². The average molecular weight is 576 g/mol. The standard InChI is InChI=1S/C36H46FNO4/c1-24(2)9-8-18-38(4)25(3)32-19-26(12-16-31(32)34-21-29(40-5)15-17-35(34)37)23-42-30-11-7-10-28(20-30)33(27-13-14-27)22-36(39)41-6/h7,10-12,15-17,19-21,24-25,27,33H,8-9,13-14,18,22-23H2,1-6H3/t25?,33-/m0/s1. The molecule has 0 saturated heterocycles. The SMILES string of the molecule is COC(=O)C[C@H](c1cccc(OCc2ccc(-c3cc(OC)ccc3F)c(C(C)N(C)CCCC(C)C)c2)c1)C1CC1. The molecule has 1 aliphatic carbocycles. The van der Waals surface area contributed by atoms with E-state index in [0.717, 1.165) is 53.8 Å². The van der Waals surface area contributed by atoms with Crippen LogP contribution in [0.2, 0.25) is 0 Å². The zero-order valence-corrected chi connectivity index (χ0v) is 26.0. The maximum Gasteiger partial charge on any atom is 0.306 e. The van der Waals surface area contributed by atoms with Crippen molar-refractivity contribution >= 4 is 5.97 Å². The van der Waals surface area contributed by atoms with E-state index >= 15 is 4.39 Å². The van der Waals surface area contributed by atoms with Crippen molar-refractivity contribution in [3.8, 4) is 22.6 Å². The highest BCUT2D eigenvalue weighted by Crippen LogP contribution is 2.45. The van der Waals surface area contributed by atoms with Gasteiger partial charge in [0.1, 0.15) is 23.9 Å². The first-order valence-electron chi connectivity index (χ1n) is 15.2. The van der Waals surface area contributed by atoms with E-state index in [1.165, 1.54) is 19.6 Å². The van der Waals surface area contributed by atoms with Gasteiger partial charge in [-0.1, -0.05) is 44.2 Å². The van der Waals surface area contributed by atoms with Crippen molar-refractivity contribution < 1.29 is 23.4 Å². The number of esters is 1. The molecule has 1 unspecified atom stereocenters. The number of nitrogens with zero attached hydrogens (tertiary/aromatic N) is 1. The first-order valence-corrected chi connectivity index (χ1v) is 15.2. The molecule has 0 N–H and O–H groups in total. The van der Waals surface area contributed by atoms with Crippen LogP contribution in [-0.4, -0.2) is 38.7 Å². The summed E-state index contributed by atoms with van der Waals surface area (Å²) in [7, 11) is 5.18. The van der Waals surface area contributed by atoms with Gasteiger partial charge in [0.15, 0.2) is 0 Å². The Hall–Kier alpha value is -3.38. The molecule has 1 aliphatic rings. The normalized spacial score (nSPS) is 14.6. The van der Waals surface area contributed by atoms with Gasteiger partial charge >= 0.3 is 5.97 Å². The molecular formula is C36H46FNO4. The smallest absolute Gasteiger partial charge is 0.306 e. The van der Waals surface area contributed by atoms with E-state index in [4.69, 9.17) is 14.2 Å². The number of carbonyl (C=O) groups is 1. The van der Waals surface area contributed by atoms with E-state index in [1.807, 2.05) is 24.3 Å². The second-order valence-corrected chi connectivity index (χ2v) is 12.0. The van der Waals surface area contributed by atoms with Crippen LogP contribution < -0.4 is 9.47 Å². The van der Waals surface area contributed by atoms with Crippen molar-refractivity contribution in [1.82, 2.24) is 4.90 Å². The molecule has 0 heterocycles. The number of halogens is 1. The van der Waals surface area contributed by atoms with E-state index < -0.39 is 0 Å². The minimum absolute atomic E-state index is 0.0682. The van der Waals surface area contributed by atoms with Crippen molar-refractivity contribution in [1.29, 1.82) is 0 Å². The Kier molecular flexibility index (Phi) is 11.0. The van der Waals surface area contributed by atoms with E-state index in [0.29, 0.717) is 36.2 Å². The van der Waals surface area contributed by atoms with Crippen molar-refractivity contribution in [2.45, 2.75) is 71.4 Å². The van der Waals surface area contributed by atoms with Gasteiger partial charge in [-0.25, -0.2) is 4.39 Å². The molecule has 42 heavy (non-hydrogen) atoms. The molecule has 226 valence electrons. The number of hydrogen-bond donors (Lipinski definition) is 0. The summed E-state index contributed by atoms with van der Waals surface area (Å²) in [5, 5.41) is 0. The summed E-state index contributed by atoms with van der Waals surface area (Å²) >= 11 is 0. The van der Waals surface area contributed by atoms with Gasteiger partial charge in [0.2, 0.25) is 0 Å². The number of methoxy groups -OCH3 is 2. The maximum atomic E-state index is 15.1. The number of carbonyl (C=O) groups excluding carboxylic acids is 1. The Morgan fingerprint density at radius 1 is 0.976 bits per heavy atom. The second-order valence-electron chi connectivity index (χ2n) is 12.0. The summed E-state index contributed by atoms with van der Waals surface area (Å²) in [5.41, 5.74) is 4.56. The first-order chi connectivity index (χ1) is 20.2. The van der Waals surface area contributed by atoms with Crippen molar-refractivity contribution in [3.05, 3.63) is 83.2 Å². The van der Waals surface area contributed by atoms with Crippen LogP contribution in [0.1, 0.15) is 81.5 Å². The Morgan fingerprint density at radius 2 is 1.76 bits per heavy atom. The molecule has 2 atom stereocenters. The van der Waals surface area contributed by atoms with Crippen molar-refractivity contribution in [2.24, 2.45) is 11.8 Å². The third-order valence-corrected chi connectivity index (χ3v) is 8.48. The third kappa shape index (κ3) is 8.34. The molecular weight excluding hydrogens is 529 g/mol. The van der Waals surface area contributed by atoms with Crippen LogP contribution in [0.5, 0.6) is 11.5 Å². The molecule has 1 saturated carbocycles. The Morgan fingerprint density at radius 3 is 2.45 bits per heavy atom. The van der Waals surface area contributed by atoms with Crippen LogP contribution >= 0.6 is 0 Å². The number of benzene rings is 3. The predicted octanol–water partition coefficient (Wildman–Crippen LogP) is 8.57. The Balaban J connectivity index is 1.58. The lowest BCUT2D eigenvalue weighted by molar-refractivity contribution is -0.141. The monoisotopic (exact) mass is 575 g/mol. The van der Waals surface area contributed by atoms with E-state index in [9.17, 15) is 4.79 Å². The highest BCUT2D eigenvalue weighted by Gasteiger charge is 2.34. The van der Waals surface area contributed by atoms with E-state index in [2.05, 4.69) is 50.9 Å². The molecule has 5 nitrogen and oxygen atoms in total. The van der Waals surface area contributed by atoms with Gasteiger partial charge in [-0.2, -0.15) is 0 Å². The summed E-state index contributed by atoms with van der Waals surface area (Å²) in [6.45, 7) is 8.02. The lowest BCUT2D eigenvalue weighted by Crippen LogP contribution is -2.24. The Labute approximate surface area is 251 Å². The summed E-state index contributed by atoms with van der Waals surface area (Å²) in [4.78, 5) is 14.4. The summed E-state index contributed by atoms with van der Waals surface area (Å²) in [6.07, 6.45) is 4.94. The molecule has 0 aliphatic heterocycles. The molecule has 0 bridgehead atoms. The molecule has 3 aromatic carbocycles. The number of ether oxygens (including phenoxy) is 3. The average Bonchev–Trinajstić information content (AvgIpc) is 3.84. The Bertz CT molecular complexity index is 1340. The number of hydrogen-bond acceptors (Lipinski definition) is 5. The van der Waals surface area contributed by atoms with Gasteiger partial charge in [-0.05, 0) is 117 Å². The van der Waals surface area contributed by atoms with Crippen LogP contribution in [0.25, 0.3) is 11.1 Å². The summed E-state index contributed by atoms with van der Waals surface area (Å²) in [6, 6.07) is 19.2.